The molecule has 4 nitrogen and oxygen atoms in total. The lowest BCUT2D eigenvalue weighted by atomic mass is 10.1. The second kappa shape index (κ2) is 8.59. The molecule has 0 unspecified atom stereocenters. The van der Waals surface area contributed by atoms with Crippen LogP contribution < -0.4 is 14.4 Å². The first-order valence-corrected chi connectivity index (χ1v) is 10.2. The normalized spacial score (nSPS) is 14.8. The number of amides is 1. The fourth-order valence-electron chi connectivity index (χ4n) is 3.44. The zero-order valence-corrected chi connectivity index (χ0v) is 18.2. The molecule has 0 saturated carbocycles. The van der Waals surface area contributed by atoms with Gasteiger partial charge in [-0.3, -0.25) is 9.69 Å². The molecule has 5 heteroatoms. The van der Waals surface area contributed by atoms with Crippen molar-refractivity contribution in [3.05, 3.63) is 100 Å². The highest BCUT2D eigenvalue weighted by atomic mass is 79.9. The van der Waals surface area contributed by atoms with Gasteiger partial charge in [-0.05, 0) is 63.5 Å². The van der Waals surface area contributed by atoms with Crippen LogP contribution in [0.1, 0.15) is 11.1 Å². The molecular weight excluding hydrogens is 442 g/mol. The van der Waals surface area contributed by atoms with E-state index < -0.39 is 0 Å². The number of ether oxygens (including phenoxy) is 2. The van der Waals surface area contributed by atoms with Crippen LogP contribution in [0.25, 0.3) is 11.8 Å². The Balaban J connectivity index is 1.83. The molecule has 30 heavy (non-hydrogen) atoms. The maximum absolute atomic E-state index is 13.5. The number of carbonyl (C=O) groups excluding carboxylic acids is 1. The van der Waals surface area contributed by atoms with Crippen molar-refractivity contribution in [2.45, 2.75) is 0 Å². The van der Waals surface area contributed by atoms with E-state index in [-0.39, 0.29) is 5.91 Å². The summed E-state index contributed by atoms with van der Waals surface area (Å²) in [5, 5.41) is 0. The summed E-state index contributed by atoms with van der Waals surface area (Å²) in [7, 11) is 3.23. The van der Waals surface area contributed by atoms with Gasteiger partial charge in [0.05, 0.1) is 30.1 Å². The van der Waals surface area contributed by atoms with Gasteiger partial charge in [-0.15, -0.1) is 0 Å². The van der Waals surface area contributed by atoms with E-state index in [2.05, 4.69) is 15.9 Å². The number of anilines is 1. The number of hydrogen-bond donors (Lipinski definition) is 0. The SMILES string of the molecule is COc1ccc(/C=C2/C=C(c3ccccc3)N(c3ccccc3OC)C2=O)cc1Br. The molecule has 0 bridgehead atoms. The van der Waals surface area contributed by atoms with Gasteiger partial charge in [0, 0.05) is 5.57 Å². The van der Waals surface area contributed by atoms with Gasteiger partial charge in [-0.1, -0.05) is 48.5 Å². The Morgan fingerprint density at radius 3 is 2.27 bits per heavy atom. The van der Waals surface area contributed by atoms with Crippen molar-refractivity contribution in [3.63, 3.8) is 0 Å². The highest BCUT2D eigenvalue weighted by Crippen LogP contribution is 2.39. The molecule has 0 spiro atoms. The van der Waals surface area contributed by atoms with Gasteiger partial charge in [0.25, 0.3) is 5.91 Å². The van der Waals surface area contributed by atoms with Gasteiger partial charge in [-0.25, -0.2) is 0 Å². The van der Waals surface area contributed by atoms with Crippen LogP contribution in [-0.4, -0.2) is 20.1 Å². The van der Waals surface area contributed by atoms with Crippen LogP contribution in [0, 0.1) is 0 Å². The second-order valence-corrected chi connectivity index (χ2v) is 7.56. The summed E-state index contributed by atoms with van der Waals surface area (Å²) in [6, 6.07) is 23.1. The largest absolute Gasteiger partial charge is 0.496 e. The van der Waals surface area contributed by atoms with Crippen molar-refractivity contribution in [1.29, 1.82) is 0 Å². The number of benzene rings is 3. The number of carbonyl (C=O) groups is 1. The van der Waals surface area contributed by atoms with E-state index in [1.165, 1.54) is 0 Å². The Morgan fingerprint density at radius 1 is 0.867 bits per heavy atom. The Kier molecular flexibility index (Phi) is 5.72. The number of rotatable bonds is 5. The zero-order valence-electron chi connectivity index (χ0n) is 16.6. The average Bonchev–Trinajstić information content (AvgIpc) is 3.10. The summed E-state index contributed by atoms with van der Waals surface area (Å²) >= 11 is 3.51. The van der Waals surface area contributed by atoms with Crippen LogP contribution in [0.3, 0.4) is 0 Å². The third kappa shape index (κ3) is 3.76. The molecule has 0 radical (unpaired) electrons. The van der Waals surface area contributed by atoms with Gasteiger partial charge in [-0.2, -0.15) is 0 Å². The highest BCUT2D eigenvalue weighted by Gasteiger charge is 2.32. The first kappa shape index (κ1) is 20.0. The summed E-state index contributed by atoms with van der Waals surface area (Å²) < 4.78 is 11.7. The average molecular weight is 462 g/mol. The molecule has 0 N–H and O–H groups in total. The summed E-state index contributed by atoms with van der Waals surface area (Å²) in [6.07, 6.45) is 3.80. The number of para-hydroxylation sites is 2. The first-order chi connectivity index (χ1) is 14.6. The summed E-state index contributed by atoms with van der Waals surface area (Å²) in [5.74, 6) is 1.28. The van der Waals surface area contributed by atoms with Gasteiger partial charge < -0.3 is 9.47 Å². The first-order valence-electron chi connectivity index (χ1n) is 9.42. The summed E-state index contributed by atoms with van der Waals surface area (Å²) in [4.78, 5) is 15.2. The smallest absolute Gasteiger partial charge is 0.263 e. The summed E-state index contributed by atoms with van der Waals surface area (Å²) in [6.45, 7) is 0. The third-order valence-corrected chi connectivity index (χ3v) is 5.50. The molecule has 0 fully saturated rings. The lowest BCUT2D eigenvalue weighted by Gasteiger charge is -2.22. The van der Waals surface area contributed by atoms with Crippen molar-refractivity contribution in [1.82, 2.24) is 0 Å². The van der Waals surface area contributed by atoms with Crippen LogP contribution in [0.4, 0.5) is 5.69 Å². The van der Waals surface area contributed by atoms with E-state index in [0.717, 1.165) is 27.0 Å². The van der Waals surface area contributed by atoms with Crippen molar-refractivity contribution in [2.75, 3.05) is 19.1 Å². The Labute approximate surface area is 184 Å². The number of halogens is 1. The Bertz CT molecular complexity index is 1150. The quantitative estimate of drug-likeness (QED) is 0.441. The van der Waals surface area contributed by atoms with E-state index in [1.54, 1.807) is 19.1 Å². The van der Waals surface area contributed by atoms with Gasteiger partial charge in [0.15, 0.2) is 0 Å². The standard InChI is InChI=1S/C25H20BrNO3/c1-29-23-13-12-17(15-20(23)26)14-19-16-22(18-8-4-3-5-9-18)27(25(19)28)21-10-6-7-11-24(21)30-2/h3-16H,1-2H3/b19-14-. The molecule has 1 amide bonds. The topological polar surface area (TPSA) is 38.8 Å². The zero-order chi connectivity index (χ0) is 21.1. The molecule has 3 aromatic rings. The Morgan fingerprint density at radius 2 is 1.57 bits per heavy atom. The molecule has 0 aliphatic carbocycles. The minimum absolute atomic E-state index is 0.106. The second-order valence-electron chi connectivity index (χ2n) is 6.70. The molecule has 1 heterocycles. The maximum Gasteiger partial charge on any atom is 0.263 e. The highest BCUT2D eigenvalue weighted by molar-refractivity contribution is 9.10. The molecule has 0 atom stereocenters. The maximum atomic E-state index is 13.5. The Hall–Kier alpha value is -3.31. The number of methoxy groups -OCH3 is 2. The van der Waals surface area contributed by atoms with Gasteiger partial charge >= 0.3 is 0 Å². The van der Waals surface area contributed by atoms with Crippen molar-refractivity contribution < 1.29 is 14.3 Å². The van der Waals surface area contributed by atoms with E-state index in [9.17, 15) is 4.79 Å². The lowest BCUT2D eigenvalue weighted by molar-refractivity contribution is -0.113. The molecular formula is C25H20BrNO3. The van der Waals surface area contributed by atoms with E-state index >= 15 is 0 Å². The van der Waals surface area contributed by atoms with E-state index in [4.69, 9.17) is 9.47 Å². The fraction of sp³-hybridized carbons (Fsp3) is 0.0800. The van der Waals surface area contributed by atoms with Crippen LogP contribution >= 0.6 is 15.9 Å². The van der Waals surface area contributed by atoms with E-state index in [1.807, 2.05) is 84.9 Å². The molecule has 1 aliphatic rings. The summed E-state index contributed by atoms with van der Waals surface area (Å²) in [5.41, 5.74) is 3.97. The van der Waals surface area contributed by atoms with Crippen molar-refractivity contribution in [3.8, 4) is 11.5 Å². The predicted octanol–water partition coefficient (Wildman–Crippen LogP) is 5.94. The fourth-order valence-corrected chi connectivity index (χ4v) is 4.00. The van der Waals surface area contributed by atoms with Crippen LogP contribution in [0.2, 0.25) is 0 Å². The minimum Gasteiger partial charge on any atom is -0.496 e. The molecule has 0 saturated heterocycles. The third-order valence-electron chi connectivity index (χ3n) is 4.88. The number of hydrogen-bond acceptors (Lipinski definition) is 3. The van der Waals surface area contributed by atoms with Crippen LogP contribution in [-0.2, 0) is 4.79 Å². The van der Waals surface area contributed by atoms with Crippen molar-refractivity contribution >= 4 is 39.3 Å². The molecule has 0 aromatic heterocycles. The number of nitrogens with zero attached hydrogens (tertiary/aromatic N) is 1. The van der Waals surface area contributed by atoms with Crippen LogP contribution in [0.15, 0.2) is 88.9 Å². The van der Waals surface area contributed by atoms with Crippen LogP contribution in [0.5, 0.6) is 11.5 Å². The minimum atomic E-state index is -0.106. The van der Waals surface area contributed by atoms with Gasteiger partial charge in [0.1, 0.15) is 11.5 Å². The van der Waals surface area contributed by atoms with Crippen molar-refractivity contribution in [2.24, 2.45) is 0 Å². The molecule has 1 aliphatic heterocycles. The molecule has 150 valence electrons. The van der Waals surface area contributed by atoms with E-state index in [0.29, 0.717) is 17.0 Å². The van der Waals surface area contributed by atoms with Gasteiger partial charge in [0.2, 0.25) is 0 Å². The lowest BCUT2D eigenvalue weighted by Crippen LogP contribution is -2.25. The molecule has 3 aromatic carbocycles. The monoisotopic (exact) mass is 461 g/mol. The molecule has 4 rings (SSSR count). The predicted molar refractivity (Wildman–Crippen MR) is 124 cm³/mol.